The van der Waals surface area contributed by atoms with Crippen LogP contribution in [-0.4, -0.2) is 41.6 Å². The Hall–Kier alpha value is -2.21. The van der Waals surface area contributed by atoms with Crippen molar-refractivity contribution < 1.29 is 23.9 Å². The third-order valence-corrected chi connectivity index (χ3v) is 6.09. The largest absolute Gasteiger partial charge is 0.456 e. The zero-order valence-corrected chi connectivity index (χ0v) is 14.8. The first-order valence-electron chi connectivity index (χ1n) is 8.75. The third-order valence-electron chi connectivity index (χ3n) is 5.84. The van der Waals surface area contributed by atoms with E-state index in [1.165, 1.54) is 0 Å². The second-order valence-corrected chi connectivity index (χ2v) is 7.67. The first kappa shape index (κ1) is 17.2. The number of nitrogens with zero attached hydrogens (tertiary/aromatic N) is 1. The molecule has 0 radical (unpaired) electrons. The van der Waals surface area contributed by atoms with Crippen LogP contribution in [0.25, 0.3) is 0 Å². The van der Waals surface area contributed by atoms with Crippen LogP contribution in [0.3, 0.4) is 0 Å². The van der Waals surface area contributed by atoms with Gasteiger partial charge in [0.15, 0.2) is 12.4 Å². The van der Waals surface area contributed by atoms with Crippen LogP contribution in [0.5, 0.6) is 0 Å². The lowest BCUT2D eigenvalue weighted by Crippen LogP contribution is -2.38. The van der Waals surface area contributed by atoms with E-state index in [0.717, 1.165) is 24.2 Å². The Balaban J connectivity index is 1.34. The fraction of sp³-hybridized carbons (Fsp3) is 0.474. The maximum absolute atomic E-state index is 12.5. The number of carbonyl (C=O) groups excluding carboxylic acids is 4. The van der Waals surface area contributed by atoms with E-state index in [0.29, 0.717) is 10.6 Å². The van der Waals surface area contributed by atoms with Gasteiger partial charge in [0.25, 0.3) is 0 Å². The van der Waals surface area contributed by atoms with Gasteiger partial charge in [-0.2, -0.15) is 0 Å². The van der Waals surface area contributed by atoms with Crippen LogP contribution in [0.1, 0.15) is 29.6 Å². The topological polar surface area (TPSA) is 80.8 Å². The fourth-order valence-corrected chi connectivity index (χ4v) is 4.79. The van der Waals surface area contributed by atoms with E-state index < -0.39 is 19.1 Å². The van der Waals surface area contributed by atoms with E-state index in [4.69, 9.17) is 16.3 Å². The number of ether oxygens (including phenoxy) is 1. The molecule has 1 saturated heterocycles. The summed E-state index contributed by atoms with van der Waals surface area (Å²) in [7, 11) is 0. The van der Waals surface area contributed by atoms with E-state index in [-0.39, 0.29) is 41.3 Å². The average molecular weight is 376 g/mol. The highest BCUT2D eigenvalue weighted by Gasteiger charge is 2.61. The molecule has 1 aromatic carbocycles. The molecular formula is C19H18ClNO5. The first-order valence-corrected chi connectivity index (χ1v) is 9.13. The number of hydrogen-bond acceptors (Lipinski definition) is 5. The van der Waals surface area contributed by atoms with Crippen LogP contribution in [-0.2, 0) is 19.1 Å². The Kier molecular flexibility index (Phi) is 4.31. The molecule has 2 aliphatic carbocycles. The predicted molar refractivity (Wildman–Crippen MR) is 91.3 cm³/mol. The molecule has 4 rings (SSSR count). The Bertz CT molecular complexity index is 762. The normalized spacial score (nSPS) is 29.2. The van der Waals surface area contributed by atoms with Gasteiger partial charge in [0.2, 0.25) is 11.8 Å². The molecule has 136 valence electrons. The second kappa shape index (κ2) is 6.50. The van der Waals surface area contributed by atoms with E-state index in [1.807, 2.05) is 0 Å². The van der Waals surface area contributed by atoms with Crippen molar-refractivity contribution in [2.24, 2.45) is 23.7 Å². The number of ketones is 1. The predicted octanol–water partition coefficient (Wildman–Crippen LogP) is 2.10. The number of benzene rings is 1. The molecule has 26 heavy (non-hydrogen) atoms. The van der Waals surface area contributed by atoms with E-state index in [2.05, 4.69) is 0 Å². The van der Waals surface area contributed by atoms with Crippen molar-refractivity contribution in [3.63, 3.8) is 0 Å². The maximum Gasteiger partial charge on any atom is 0.326 e. The molecule has 0 spiro atoms. The third kappa shape index (κ3) is 2.82. The molecule has 2 bridgehead atoms. The molecule has 2 saturated carbocycles. The number of hydrogen-bond donors (Lipinski definition) is 0. The van der Waals surface area contributed by atoms with Gasteiger partial charge in [-0.1, -0.05) is 11.6 Å². The van der Waals surface area contributed by atoms with Gasteiger partial charge in [-0.05, 0) is 55.4 Å². The van der Waals surface area contributed by atoms with Gasteiger partial charge >= 0.3 is 5.97 Å². The molecule has 0 N–H and O–H groups in total. The Labute approximate surface area is 155 Å². The molecule has 4 atom stereocenters. The minimum Gasteiger partial charge on any atom is -0.456 e. The summed E-state index contributed by atoms with van der Waals surface area (Å²) in [6, 6.07) is 6.24. The summed E-state index contributed by atoms with van der Waals surface area (Å²) in [5, 5.41) is 0.504. The van der Waals surface area contributed by atoms with Gasteiger partial charge in [0.1, 0.15) is 6.54 Å². The molecule has 3 fully saturated rings. The van der Waals surface area contributed by atoms with Gasteiger partial charge < -0.3 is 4.74 Å². The molecule has 6 nitrogen and oxygen atoms in total. The van der Waals surface area contributed by atoms with Crippen molar-refractivity contribution >= 4 is 35.2 Å². The number of Topliss-reactive ketones (excluding diaryl/α,β-unsaturated/α-hetero) is 1. The number of imide groups is 1. The quantitative estimate of drug-likeness (QED) is 0.447. The van der Waals surface area contributed by atoms with Gasteiger partial charge in [0, 0.05) is 10.6 Å². The van der Waals surface area contributed by atoms with E-state index >= 15 is 0 Å². The Morgan fingerprint density at radius 1 is 1.04 bits per heavy atom. The summed E-state index contributed by atoms with van der Waals surface area (Å²) < 4.78 is 4.97. The molecule has 1 aliphatic heterocycles. The summed E-state index contributed by atoms with van der Waals surface area (Å²) in [5.41, 5.74) is 0.377. The molecule has 0 aromatic heterocycles. The highest BCUT2D eigenvalue weighted by molar-refractivity contribution is 6.30. The molecule has 0 unspecified atom stereocenters. The number of halogens is 1. The number of carbonyl (C=O) groups is 4. The van der Waals surface area contributed by atoms with Crippen LogP contribution in [0.15, 0.2) is 24.3 Å². The SMILES string of the molecule is O=C(CN1C(=O)[C@@H]2[C@@H]3CC[C@H](C3)[C@@H]2C1=O)OCC(=O)c1ccc(Cl)cc1. The van der Waals surface area contributed by atoms with Crippen molar-refractivity contribution in [3.05, 3.63) is 34.9 Å². The summed E-state index contributed by atoms with van der Waals surface area (Å²) in [4.78, 5) is 50.1. The van der Waals surface area contributed by atoms with Crippen molar-refractivity contribution in [1.29, 1.82) is 0 Å². The number of amides is 2. The average Bonchev–Trinajstić information content (AvgIpc) is 3.30. The van der Waals surface area contributed by atoms with E-state index in [1.54, 1.807) is 24.3 Å². The fourth-order valence-electron chi connectivity index (χ4n) is 4.67. The van der Waals surface area contributed by atoms with Gasteiger partial charge in [0.05, 0.1) is 11.8 Å². The molecule has 7 heteroatoms. The first-order chi connectivity index (χ1) is 12.5. The summed E-state index contributed by atoms with van der Waals surface area (Å²) in [6.45, 7) is -0.854. The minimum atomic E-state index is -0.749. The second-order valence-electron chi connectivity index (χ2n) is 7.24. The monoisotopic (exact) mass is 375 g/mol. The smallest absolute Gasteiger partial charge is 0.326 e. The van der Waals surface area contributed by atoms with Crippen molar-refractivity contribution in [2.45, 2.75) is 19.3 Å². The van der Waals surface area contributed by atoms with Crippen LogP contribution >= 0.6 is 11.6 Å². The van der Waals surface area contributed by atoms with Crippen molar-refractivity contribution in [2.75, 3.05) is 13.2 Å². The number of esters is 1. The molecular weight excluding hydrogens is 358 g/mol. The highest BCUT2D eigenvalue weighted by Crippen LogP contribution is 2.56. The van der Waals surface area contributed by atoms with E-state index in [9.17, 15) is 19.2 Å². The maximum atomic E-state index is 12.5. The van der Waals surface area contributed by atoms with Gasteiger partial charge in [-0.3, -0.25) is 24.1 Å². The lowest BCUT2D eigenvalue weighted by molar-refractivity contribution is -0.152. The van der Waals surface area contributed by atoms with Crippen LogP contribution in [0, 0.1) is 23.7 Å². The van der Waals surface area contributed by atoms with Crippen LogP contribution in [0.4, 0.5) is 0 Å². The Morgan fingerprint density at radius 3 is 2.19 bits per heavy atom. The highest BCUT2D eigenvalue weighted by atomic mass is 35.5. The lowest BCUT2D eigenvalue weighted by atomic mass is 9.81. The number of likely N-dealkylation sites (tertiary alicyclic amines) is 1. The van der Waals surface area contributed by atoms with Crippen LogP contribution < -0.4 is 0 Å². The van der Waals surface area contributed by atoms with Gasteiger partial charge in [-0.15, -0.1) is 0 Å². The minimum absolute atomic E-state index is 0.256. The number of rotatable bonds is 5. The van der Waals surface area contributed by atoms with Crippen molar-refractivity contribution in [1.82, 2.24) is 4.90 Å². The summed E-state index contributed by atoms with van der Waals surface area (Å²) >= 11 is 5.77. The molecule has 2 amide bonds. The summed E-state index contributed by atoms with van der Waals surface area (Å²) in [6.07, 6.45) is 2.91. The van der Waals surface area contributed by atoms with Gasteiger partial charge in [-0.25, -0.2) is 0 Å². The molecule has 3 aliphatic rings. The summed E-state index contributed by atoms with van der Waals surface area (Å²) in [5.74, 6) is -1.61. The molecule has 1 aromatic rings. The zero-order valence-electron chi connectivity index (χ0n) is 14.0. The van der Waals surface area contributed by atoms with Crippen molar-refractivity contribution in [3.8, 4) is 0 Å². The standard InChI is InChI=1S/C19H18ClNO5/c20-13-5-3-10(4-6-13)14(22)9-26-15(23)8-21-18(24)16-11-1-2-12(7-11)17(16)19(21)25/h3-6,11-12,16-17H,1-2,7-9H2/t11-,12-,16-,17+/m1/s1. The Morgan fingerprint density at radius 2 is 1.62 bits per heavy atom. The molecule has 1 heterocycles. The number of fused-ring (bicyclic) bond motifs is 5. The van der Waals surface area contributed by atoms with Crippen LogP contribution in [0.2, 0.25) is 5.02 Å². The zero-order chi connectivity index (χ0) is 18.4. The lowest BCUT2D eigenvalue weighted by Gasteiger charge is -2.19.